The van der Waals surface area contributed by atoms with Gasteiger partial charge in [0, 0.05) is 11.3 Å². The molecule has 0 saturated heterocycles. The van der Waals surface area contributed by atoms with Crippen molar-refractivity contribution >= 4 is 23.5 Å². The molecule has 6 nitrogen and oxygen atoms in total. The lowest BCUT2D eigenvalue weighted by Gasteiger charge is -2.08. The van der Waals surface area contributed by atoms with Crippen LogP contribution < -0.4 is 10.6 Å². The van der Waals surface area contributed by atoms with E-state index in [1.807, 2.05) is 6.07 Å². The lowest BCUT2D eigenvalue weighted by molar-refractivity contribution is -0.135. The van der Waals surface area contributed by atoms with Crippen LogP contribution in [0.3, 0.4) is 0 Å². The van der Waals surface area contributed by atoms with Crippen molar-refractivity contribution in [3.8, 4) is 0 Å². The molecule has 26 heavy (non-hydrogen) atoms. The van der Waals surface area contributed by atoms with Gasteiger partial charge >= 0.3 is 5.97 Å². The van der Waals surface area contributed by atoms with Crippen LogP contribution in [0.2, 0.25) is 0 Å². The van der Waals surface area contributed by atoms with Crippen molar-refractivity contribution in [3.05, 3.63) is 64.7 Å². The van der Waals surface area contributed by atoms with Crippen LogP contribution in [0.25, 0.3) is 0 Å². The summed E-state index contributed by atoms with van der Waals surface area (Å²) in [6.07, 6.45) is 3.68. The minimum absolute atomic E-state index is 0.119. The molecule has 0 aromatic heterocycles. The highest BCUT2D eigenvalue weighted by Crippen LogP contribution is 2.23. The lowest BCUT2D eigenvalue weighted by Crippen LogP contribution is -2.29. The van der Waals surface area contributed by atoms with E-state index in [2.05, 4.69) is 22.8 Å². The van der Waals surface area contributed by atoms with Gasteiger partial charge in [-0.05, 0) is 60.2 Å². The van der Waals surface area contributed by atoms with E-state index in [1.54, 1.807) is 24.3 Å². The van der Waals surface area contributed by atoms with E-state index in [1.165, 1.54) is 17.5 Å². The predicted molar refractivity (Wildman–Crippen MR) is 97.2 cm³/mol. The highest BCUT2D eigenvalue weighted by Gasteiger charge is 2.13. The molecule has 1 aliphatic rings. The number of carbonyl (C=O) groups excluding carboxylic acids is 2. The number of carbonyl (C=O) groups is 3. The number of anilines is 1. The molecular weight excluding hydrogens is 332 g/mol. The summed E-state index contributed by atoms with van der Waals surface area (Å²) in [6, 6.07) is 12.5. The second-order valence-corrected chi connectivity index (χ2v) is 6.34. The summed E-state index contributed by atoms with van der Waals surface area (Å²) in [5.41, 5.74) is 4.64. The zero-order chi connectivity index (χ0) is 18.5. The molecule has 0 fully saturated rings. The van der Waals surface area contributed by atoms with Crippen molar-refractivity contribution < 1.29 is 19.5 Å². The zero-order valence-corrected chi connectivity index (χ0v) is 14.2. The average Bonchev–Trinajstić information content (AvgIpc) is 3.08. The standard InChI is InChI=1S/C20H20N2O4/c23-18(11-13-4-5-14-2-1-3-16(14)10-13)22-17-8-6-15(7-9-17)20(26)21-12-19(24)25/h4-10H,1-3,11-12H2,(H,21,26)(H,22,23)(H,24,25). The van der Waals surface area contributed by atoms with Crippen molar-refractivity contribution in [1.82, 2.24) is 5.32 Å². The van der Waals surface area contributed by atoms with E-state index < -0.39 is 18.4 Å². The molecule has 3 N–H and O–H groups in total. The Morgan fingerprint density at radius 2 is 1.69 bits per heavy atom. The molecule has 0 unspecified atom stereocenters. The van der Waals surface area contributed by atoms with Gasteiger partial charge in [0.05, 0.1) is 6.42 Å². The molecule has 0 atom stereocenters. The van der Waals surface area contributed by atoms with Crippen LogP contribution in [-0.2, 0) is 28.9 Å². The van der Waals surface area contributed by atoms with E-state index in [9.17, 15) is 14.4 Å². The SMILES string of the molecule is O=C(O)CNC(=O)c1ccc(NC(=O)Cc2ccc3c(c2)CCC3)cc1. The molecule has 2 aromatic rings. The third-order valence-electron chi connectivity index (χ3n) is 4.36. The largest absolute Gasteiger partial charge is 0.480 e. The summed E-state index contributed by atoms with van der Waals surface area (Å²) >= 11 is 0. The van der Waals surface area contributed by atoms with Crippen LogP contribution in [0.5, 0.6) is 0 Å². The maximum Gasteiger partial charge on any atom is 0.322 e. The molecule has 0 heterocycles. The van der Waals surface area contributed by atoms with E-state index in [0.29, 0.717) is 17.7 Å². The number of benzene rings is 2. The van der Waals surface area contributed by atoms with Crippen LogP contribution in [-0.4, -0.2) is 29.4 Å². The highest BCUT2D eigenvalue weighted by molar-refractivity contribution is 5.97. The lowest BCUT2D eigenvalue weighted by atomic mass is 10.0. The minimum atomic E-state index is -1.10. The fraction of sp³-hybridized carbons (Fsp3) is 0.250. The van der Waals surface area contributed by atoms with Gasteiger partial charge in [-0.15, -0.1) is 0 Å². The van der Waals surface area contributed by atoms with Gasteiger partial charge in [-0.3, -0.25) is 14.4 Å². The number of aliphatic carboxylic acids is 1. The molecule has 1 aliphatic carbocycles. The first-order valence-electron chi connectivity index (χ1n) is 8.52. The predicted octanol–water partition coefficient (Wildman–Crippen LogP) is 2.17. The van der Waals surface area contributed by atoms with E-state index >= 15 is 0 Å². The van der Waals surface area contributed by atoms with Crippen LogP contribution in [0.15, 0.2) is 42.5 Å². The minimum Gasteiger partial charge on any atom is -0.480 e. The number of hydrogen-bond acceptors (Lipinski definition) is 3. The highest BCUT2D eigenvalue weighted by atomic mass is 16.4. The Kier molecular flexibility index (Phi) is 5.31. The van der Waals surface area contributed by atoms with Gasteiger partial charge in [0.2, 0.25) is 5.91 Å². The van der Waals surface area contributed by atoms with E-state index in [4.69, 9.17) is 5.11 Å². The topological polar surface area (TPSA) is 95.5 Å². The Bertz CT molecular complexity index is 843. The Morgan fingerprint density at radius 1 is 0.962 bits per heavy atom. The number of aryl methyl sites for hydroxylation is 2. The van der Waals surface area contributed by atoms with Crippen molar-refractivity contribution in [2.75, 3.05) is 11.9 Å². The summed E-state index contributed by atoms with van der Waals surface area (Å²) in [5.74, 6) is -1.69. The first kappa shape index (κ1) is 17.7. The third kappa shape index (κ3) is 4.47. The number of carboxylic acid groups (broad SMARTS) is 1. The first-order valence-corrected chi connectivity index (χ1v) is 8.52. The van der Waals surface area contributed by atoms with Crippen molar-refractivity contribution in [2.45, 2.75) is 25.7 Å². The van der Waals surface area contributed by atoms with Gasteiger partial charge in [-0.25, -0.2) is 0 Å². The molecule has 134 valence electrons. The van der Waals surface area contributed by atoms with Gasteiger partial charge in [-0.1, -0.05) is 18.2 Å². The molecular formula is C20H20N2O4. The number of hydrogen-bond donors (Lipinski definition) is 3. The summed E-state index contributed by atoms with van der Waals surface area (Å²) in [6.45, 7) is -0.432. The van der Waals surface area contributed by atoms with Crippen molar-refractivity contribution in [2.24, 2.45) is 0 Å². The second kappa shape index (κ2) is 7.82. The molecule has 6 heteroatoms. The normalized spacial score (nSPS) is 12.3. The maximum absolute atomic E-state index is 12.2. The van der Waals surface area contributed by atoms with Gasteiger partial charge in [0.1, 0.15) is 6.54 Å². The smallest absolute Gasteiger partial charge is 0.322 e. The summed E-state index contributed by atoms with van der Waals surface area (Å²) in [7, 11) is 0. The van der Waals surface area contributed by atoms with Gasteiger partial charge < -0.3 is 15.7 Å². The van der Waals surface area contributed by atoms with Crippen molar-refractivity contribution in [3.63, 3.8) is 0 Å². The summed E-state index contributed by atoms with van der Waals surface area (Å²) in [4.78, 5) is 34.4. The molecule has 0 spiro atoms. The van der Waals surface area contributed by atoms with Gasteiger partial charge in [-0.2, -0.15) is 0 Å². The van der Waals surface area contributed by atoms with Crippen LogP contribution in [0, 0.1) is 0 Å². The summed E-state index contributed by atoms with van der Waals surface area (Å²) < 4.78 is 0. The Morgan fingerprint density at radius 3 is 2.42 bits per heavy atom. The Labute approximate surface area is 151 Å². The number of nitrogens with one attached hydrogen (secondary N) is 2. The van der Waals surface area contributed by atoms with Crippen LogP contribution in [0.4, 0.5) is 5.69 Å². The fourth-order valence-electron chi connectivity index (χ4n) is 3.09. The average molecular weight is 352 g/mol. The monoisotopic (exact) mass is 352 g/mol. The third-order valence-corrected chi connectivity index (χ3v) is 4.36. The molecule has 2 aromatic carbocycles. The molecule has 2 amide bonds. The quantitative estimate of drug-likeness (QED) is 0.742. The van der Waals surface area contributed by atoms with E-state index in [0.717, 1.165) is 18.4 Å². The molecule has 0 saturated carbocycles. The Balaban J connectivity index is 1.56. The number of rotatable bonds is 6. The molecule has 3 rings (SSSR count). The number of carboxylic acids is 1. The van der Waals surface area contributed by atoms with E-state index in [-0.39, 0.29) is 5.91 Å². The summed E-state index contributed by atoms with van der Waals surface area (Å²) in [5, 5.41) is 13.7. The molecule has 0 radical (unpaired) electrons. The van der Waals surface area contributed by atoms with Crippen LogP contribution in [0.1, 0.15) is 33.5 Å². The second-order valence-electron chi connectivity index (χ2n) is 6.34. The van der Waals surface area contributed by atoms with Gasteiger partial charge in [0.15, 0.2) is 0 Å². The maximum atomic E-state index is 12.2. The molecule has 0 aliphatic heterocycles. The first-order chi connectivity index (χ1) is 12.5. The zero-order valence-electron chi connectivity index (χ0n) is 14.2. The van der Waals surface area contributed by atoms with Crippen LogP contribution >= 0.6 is 0 Å². The van der Waals surface area contributed by atoms with Gasteiger partial charge in [0.25, 0.3) is 5.91 Å². The fourth-order valence-corrected chi connectivity index (χ4v) is 3.09. The number of amides is 2. The Hall–Kier alpha value is -3.15. The van der Waals surface area contributed by atoms with Crippen molar-refractivity contribution in [1.29, 1.82) is 0 Å². The molecule has 0 bridgehead atoms. The number of fused-ring (bicyclic) bond motifs is 1.